The molecule has 0 saturated carbocycles. The van der Waals surface area contributed by atoms with E-state index in [9.17, 15) is 9.59 Å². The van der Waals surface area contributed by atoms with Crippen molar-refractivity contribution in [3.05, 3.63) is 34.9 Å². The van der Waals surface area contributed by atoms with Gasteiger partial charge in [-0.25, -0.2) is 0 Å². The predicted molar refractivity (Wildman–Crippen MR) is 69.1 cm³/mol. The monoisotopic (exact) mass is 246 g/mol. The number of rotatable bonds is 3. The van der Waals surface area contributed by atoms with Gasteiger partial charge in [0.1, 0.15) is 0 Å². The van der Waals surface area contributed by atoms with Crippen LogP contribution in [0.4, 0.5) is 0 Å². The van der Waals surface area contributed by atoms with E-state index in [1.807, 2.05) is 25.1 Å². The van der Waals surface area contributed by atoms with Gasteiger partial charge in [0.2, 0.25) is 0 Å². The third-order valence-electron chi connectivity index (χ3n) is 3.75. The highest BCUT2D eigenvalue weighted by Crippen LogP contribution is 2.42. The minimum atomic E-state index is -0.855. The maximum atomic E-state index is 12.0. The summed E-state index contributed by atoms with van der Waals surface area (Å²) in [5.41, 5.74) is 2.18. The van der Waals surface area contributed by atoms with Gasteiger partial charge in [0.05, 0.1) is 6.42 Å². The molecular formula is C15H18O3. The molecule has 0 aromatic heterocycles. The summed E-state index contributed by atoms with van der Waals surface area (Å²) >= 11 is 0. The van der Waals surface area contributed by atoms with E-state index in [-0.39, 0.29) is 12.2 Å². The zero-order valence-electron chi connectivity index (χ0n) is 11.0. The first-order chi connectivity index (χ1) is 8.33. The number of hydrogen-bond donors (Lipinski definition) is 1. The highest BCUT2D eigenvalue weighted by Gasteiger charge is 2.41. The third-order valence-corrected chi connectivity index (χ3v) is 3.75. The summed E-state index contributed by atoms with van der Waals surface area (Å²) in [5.74, 6) is -0.420. The fourth-order valence-electron chi connectivity index (χ4n) is 2.71. The van der Waals surface area contributed by atoms with Crippen LogP contribution >= 0.6 is 0 Å². The summed E-state index contributed by atoms with van der Waals surface area (Å²) < 4.78 is 0. The Balaban J connectivity index is 2.48. The van der Waals surface area contributed by atoms with Gasteiger partial charge in [-0.15, -0.1) is 0 Å². The predicted octanol–water partition coefficient (Wildman–Crippen LogP) is 3.13. The van der Waals surface area contributed by atoms with Gasteiger partial charge in [0.15, 0.2) is 5.78 Å². The van der Waals surface area contributed by atoms with Crippen LogP contribution in [0.5, 0.6) is 0 Å². The van der Waals surface area contributed by atoms with E-state index in [0.717, 1.165) is 11.1 Å². The smallest absolute Gasteiger partial charge is 0.304 e. The second kappa shape index (κ2) is 4.23. The molecule has 1 N–H and O–H groups in total. The normalized spacial score (nSPS) is 22.3. The number of Topliss-reactive ketones (excluding diaryl/α,β-unsaturated/α-hetero) is 1. The van der Waals surface area contributed by atoms with Crippen molar-refractivity contribution in [2.75, 3.05) is 0 Å². The second-order valence-electron chi connectivity index (χ2n) is 5.69. The number of ketones is 1. The van der Waals surface area contributed by atoms with E-state index < -0.39 is 11.4 Å². The Kier molecular flexibility index (Phi) is 3.01. The number of carboxylic acid groups (broad SMARTS) is 1. The van der Waals surface area contributed by atoms with Crippen LogP contribution in [0.2, 0.25) is 0 Å². The van der Waals surface area contributed by atoms with Crippen molar-refractivity contribution in [3.8, 4) is 0 Å². The van der Waals surface area contributed by atoms with E-state index >= 15 is 0 Å². The number of fused-ring (bicyclic) bond motifs is 1. The second-order valence-corrected chi connectivity index (χ2v) is 5.69. The number of carbonyl (C=O) groups excluding carboxylic acids is 1. The lowest BCUT2D eigenvalue weighted by Crippen LogP contribution is -2.23. The number of hydrogen-bond acceptors (Lipinski definition) is 2. The quantitative estimate of drug-likeness (QED) is 0.891. The first-order valence-corrected chi connectivity index (χ1v) is 6.23. The lowest BCUT2D eigenvalue weighted by Gasteiger charge is -2.22. The molecule has 0 spiro atoms. The largest absolute Gasteiger partial charge is 0.481 e. The average molecular weight is 246 g/mol. The van der Waals surface area contributed by atoms with Crippen LogP contribution in [0.3, 0.4) is 0 Å². The topological polar surface area (TPSA) is 54.4 Å². The van der Waals surface area contributed by atoms with Gasteiger partial charge in [0, 0.05) is 17.4 Å². The number of aliphatic carboxylic acids is 1. The summed E-state index contributed by atoms with van der Waals surface area (Å²) in [6.45, 7) is 6.02. The first-order valence-electron chi connectivity index (χ1n) is 6.23. The van der Waals surface area contributed by atoms with Gasteiger partial charge < -0.3 is 5.11 Å². The molecule has 2 rings (SSSR count). The van der Waals surface area contributed by atoms with E-state index in [1.165, 1.54) is 0 Å². The van der Waals surface area contributed by atoms with Crippen LogP contribution < -0.4 is 0 Å². The fraction of sp³-hybridized carbons (Fsp3) is 0.467. The molecule has 1 aromatic carbocycles. The molecule has 1 aliphatic carbocycles. The minimum Gasteiger partial charge on any atom is -0.481 e. The van der Waals surface area contributed by atoms with Gasteiger partial charge in [-0.3, -0.25) is 9.59 Å². The molecule has 1 atom stereocenters. The molecule has 96 valence electrons. The van der Waals surface area contributed by atoms with Crippen LogP contribution in [0, 0.1) is 0 Å². The number of benzene rings is 1. The van der Waals surface area contributed by atoms with Crippen molar-refractivity contribution in [2.24, 2.45) is 0 Å². The van der Waals surface area contributed by atoms with Crippen LogP contribution in [0.15, 0.2) is 18.2 Å². The molecule has 3 nitrogen and oxygen atoms in total. The molecular weight excluding hydrogens is 228 g/mol. The van der Waals surface area contributed by atoms with E-state index in [2.05, 4.69) is 13.8 Å². The molecule has 0 amide bonds. The maximum Gasteiger partial charge on any atom is 0.304 e. The minimum absolute atomic E-state index is 0.00671. The Morgan fingerprint density at radius 1 is 1.44 bits per heavy atom. The van der Waals surface area contributed by atoms with E-state index in [4.69, 9.17) is 5.11 Å². The van der Waals surface area contributed by atoms with Crippen LogP contribution in [0.25, 0.3) is 0 Å². The molecule has 0 aliphatic heterocycles. The SMILES string of the molecule is CC(C)c1ccc2c(c1)C(=O)CC2(C)CC(=O)O. The molecule has 0 bridgehead atoms. The lowest BCUT2D eigenvalue weighted by atomic mass is 9.80. The molecule has 0 saturated heterocycles. The van der Waals surface area contributed by atoms with Crippen molar-refractivity contribution >= 4 is 11.8 Å². The number of carboxylic acids is 1. The molecule has 18 heavy (non-hydrogen) atoms. The molecule has 3 heteroatoms. The van der Waals surface area contributed by atoms with Gasteiger partial charge in [-0.1, -0.05) is 32.9 Å². The number of carbonyl (C=O) groups is 2. The van der Waals surface area contributed by atoms with Gasteiger partial charge in [-0.2, -0.15) is 0 Å². The maximum absolute atomic E-state index is 12.0. The highest BCUT2D eigenvalue weighted by molar-refractivity contribution is 6.02. The highest BCUT2D eigenvalue weighted by atomic mass is 16.4. The summed E-state index contributed by atoms with van der Waals surface area (Å²) in [6, 6.07) is 5.86. The summed E-state index contributed by atoms with van der Waals surface area (Å²) in [4.78, 5) is 23.0. The molecule has 0 radical (unpaired) electrons. The van der Waals surface area contributed by atoms with Crippen molar-refractivity contribution in [2.45, 2.75) is 44.9 Å². The van der Waals surface area contributed by atoms with Crippen LogP contribution in [-0.4, -0.2) is 16.9 Å². The zero-order chi connectivity index (χ0) is 13.5. The Bertz CT molecular complexity index is 516. The van der Waals surface area contributed by atoms with Gasteiger partial charge in [-0.05, 0) is 23.1 Å². The van der Waals surface area contributed by atoms with E-state index in [0.29, 0.717) is 17.9 Å². The fourth-order valence-corrected chi connectivity index (χ4v) is 2.71. The van der Waals surface area contributed by atoms with E-state index in [1.54, 1.807) is 0 Å². The zero-order valence-corrected chi connectivity index (χ0v) is 11.0. The lowest BCUT2D eigenvalue weighted by molar-refractivity contribution is -0.138. The van der Waals surface area contributed by atoms with Crippen LogP contribution in [-0.2, 0) is 10.2 Å². The van der Waals surface area contributed by atoms with Crippen LogP contribution in [0.1, 0.15) is 61.0 Å². The Hall–Kier alpha value is -1.64. The molecule has 0 fully saturated rings. The van der Waals surface area contributed by atoms with Gasteiger partial charge in [0.25, 0.3) is 0 Å². The van der Waals surface area contributed by atoms with Crippen molar-refractivity contribution in [1.82, 2.24) is 0 Å². The Labute approximate surface area is 107 Å². The van der Waals surface area contributed by atoms with Crippen molar-refractivity contribution in [3.63, 3.8) is 0 Å². The first kappa shape index (κ1) is 12.8. The molecule has 1 unspecified atom stereocenters. The molecule has 1 aliphatic rings. The van der Waals surface area contributed by atoms with Crippen molar-refractivity contribution in [1.29, 1.82) is 0 Å². The standard InChI is InChI=1S/C15H18O3/c1-9(2)10-4-5-12-11(6-10)13(16)7-15(12,3)8-14(17)18/h4-6,9H,7-8H2,1-3H3,(H,17,18). The Morgan fingerprint density at radius 3 is 2.67 bits per heavy atom. The molecule has 0 heterocycles. The summed E-state index contributed by atoms with van der Waals surface area (Å²) in [5, 5.41) is 8.98. The molecule has 1 aromatic rings. The van der Waals surface area contributed by atoms with Crippen molar-refractivity contribution < 1.29 is 14.7 Å². The third kappa shape index (κ3) is 2.05. The Morgan fingerprint density at radius 2 is 2.11 bits per heavy atom. The average Bonchev–Trinajstić information content (AvgIpc) is 2.49. The summed E-state index contributed by atoms with van der Waals surface area (Å²) in [6.07, 6.45) is 0.308. The summed E-state index contributed by atoms with van der Waals surface area (Å²) in [7, 11) is 0. The van der Waals surface area contributed by atoms with Gasteiger partial charge >= 0.3 is 5.97 Å².